The second-order valence-electron chi connectivity index (χ2n) is 4.50. The molecule has 15 heavy (non-hydrogen) atoms. The van der Waals surface area contributed by atoms with E-state index in [2.05, 4.69) is 35.8 Å². The first-order chi connectivity index (χ1) is 7.16. The van der Waals surface area contributed by atoms with Crippen molar-refractivity contribution in [1.82, 2.24) is 15.0 Å². The molecule has 1 aromatic heterocycles. The number of aromatic nitrogens is 3. The second kappa shape index (κ2) is 5.89. The van der Waals surface area contributed by atoms with Crippen molar-refractivity contribution in [2.24, 2.45) is 0 Å². The Bertz CT molecular complexity index is 289. The van der Waals surface area contributed by atoms with E-state index in [0.717, 1.165) is 12.2 Å². The van der Waals surface area contributed by atoms with Crippen LogP contribution in [0.3, 0.4) is 0 Å². The molecule has 0 aromatic carbocycles. The predicted molar refractivity (Wildman–Crippen MR) is 63.0 cm³/mol. The molecule has 0 amide bonds. The fourth-order valence-corrected chi connectivity index (χ4v) is 1.98. The average molecular weight is 209 g/mol. The minimum atomic E-state index is 0.520. The van der Waals surface area contributed by atoms with Gasteiger partial charge in [0.05, 0.1) is 11.4 Å². The summed E-state index contributed by atoms with van der Waals surface area (Å²) < 4.78 is 2.08. The highest BCUT2D eigenvalue weighted by atomic mass is 15.4. The molecule has 0 fully saturated rings. The molecule has 86 valence electrons. The normalized spacial score (nSPS) is 11.3. The summed E-state index contributed by atoms with van der Waals surface area (Å²) in [6.45, 7) is 9.71. The second-order valence-corrected chi connectivity index (χ2v) is 4.50. The molecule has 0 spiro atoms. The zero-order valence-electron chi connectivity index (χ0n) is 10.5. The molecule has 0 saturated heterocycles. The molecular formula is C12H23N3. The maximum Gasteiger partial charge on any atom is 0.0830 e. The van der Waals surface area contributed by atoms with Gasteiger partial charge in [-0.05, 0) is 19.3 Å². The Morgan fingerprint density at radius 3 is 2.53 bits per heavy atom. The van der Waals surface area contributed by atoms with E-state index in [-0.39, 0.29) is 0 Å². The molecular weight excluding hydrogens is 186 g/mol. The first kappa shape index (κ1) is 12.2. The number of hydrogen-bond acceptors (Lipinski definition) is 2. The molecule has 0 radical (unpaired) electrons. The first-order valence-electron chi connectivity index (χ1n) is 6.06. The smallest absolute Gasteiger partial charge is 0.0830 e. The van der Waals surface area contributed by atoms with Crippen LogP contribution in [0.15, 0.2) is 0 Å². The van der Waals surface area contributed by atoms with E-state index < -0.39 is 0 Å². The third-order valence-electron chi connectivity index (χ3n) is 2.72. The third kappa shape index (κ3) is 3.33. The van der Waals surface area contributed by atoms with Crippen LogP contribution in [0.5, 0.6) is 0 Å². The zero-order chi connectivity index (χ0) is 11.3. The minimum Gasteiger partial charge on any atom is -0.249 e. The highest BCUT2D eigenvalue weighted by molar-refractivity contribution is 5.11. The molecule has 0 aliphatic carbocycles. The molecule has 0 N–H and O–H groups in total. The monoisotopic (exact) mass is 209 g/mol. The summed E-state index contributed by atoms with van der Waals surface area (Å²) in [5.41, 5.74) is 2.38. The van der Waals surface area contributed by atoms with Crippen molar-refractivity contribution in [3.8, 4) is 0 Å². The van der Waals surface area contributed by atoms with Crippen molar-refractivity contribution in [1.29, 1.82) is 0 Å². The van der Waals surface area contributed by atoms with Crippen LogP contribution < -0.4 is 0 Å². The van der Waals surface area contributed by atoms with Gasteiger partial charge in [0.15, 0.2) is 0 Å². The molecule has 0 unspecified atom stereocenters. The molecule has 3 nitrogen and oxygen atoms in total. The largest absolute Gasteiger partial charge is 0.249 e. The van der Waals surface area contributed by atoms with Crippen LogP contribution in [-0.2, 0) is 6.54 Å². The Balaban J connectivity index is 2.53. The number of nitrogens with zero attached hydrogens (tertiary/aromatic N) is 3. The van der Waals surface area contributed by atoms with Gasteiger partial charge in [-0.15, -0.1) is 5.10 Å². The maximum atomic E-state index is 4.20. The Labute approximate surface area is 92.9 Å². The summed E-state index contributed by atoms with van der Waals surface area (Å²) in [5, 5.41) is 8.35. The van der Waals surface area contributed by atoms with Gasteiger partial charge in [0, 0.05) is 6.54 Å². The van der Waals surface area contributed by atoms with Gasteiger partial charge in [-0.1, -0.05) is 45.2 Å². The summed E-state index contributed by atoms with van der Waals surface area (Å²) >= 11 is 0. The van der Waals surface area contributed by atoms with E-state index in [1.807, 2.05) is 6.92 Å². The van der Waals surface area contributed by atoms with E-state index in [4.69, 9.17) is 0 Å². The quantitative estimate of drug-likeness (QED) is 0.673. The minimum absolute atomic E-state index is 0.520. The summed E-state index contributed by atoms with van der Waals surface area (Å²) in [6.07, 6.45) is 5.13. The predicted octanol–water partition coefficient (Wildman–Crippen LogP) is 3.29. The van der Waals surface area contributed by atoms with Crippen LogP contribution >= 0.6 is 0 Å². The van der Waals surface area contributed by atoms with Gasteiger partial charge in [-0.2, -0.15) is 0 Å². The van der Waals surface area contributed by atoms with Gasteiger partial charge < -0.3 is 0 Å². The van der Waals surface area contributed by atoms with Crippen molar-refractivity contribution in [2.45, 2.75) is 65.8 Å². The van der Waals surface area contributed by atoms with E-state index in [1.165, 1.54) is 31.4 Å². The van der Waals surface area contributed by atoms with Gasteiger partial charge >= 0.3 is 0 Å². The topological polar surface area (TPSA) is 30.7 Å². The SMILES string of the molecule is CCCCCCn1nnc(C)c1C(C)C. The molecule has 0 atom stereocenters. The summed E-state index contributed by atoms with van der Waals surface area (Å²) in [6, 6.07) is 0. The fourth-order valence-electron chi connectivity index (χ4n) is 1.98. The van der Waals surface area contributed by atoms with Crippen LogP contribution in [0.25, 0.3) is 0 Å². The van der Waals surface area contributed by atoms with Crippen molar-refractivity contribution in [3.63, 3.8) is 0 Å². The molecule has 0 aliphatic rings. The van der Waals surface area contributed by atoms with Gasteiger partial charge in [0.25, 0.3) is 0 Å². The molecule has 0 aliphatic heterocycles. The van der Waals surface area contributed by atoms with Crippen molar-refractivity contribution < 1.29 is 0 Å². The van der Waals surface area contributed by atoms with Crippen molar-refractivity contribution in [3.05, 3.63) is 11.4 Å². The lowest BCUT2D eigenvalue weighted by Crippen LogP contribution is -2.07. The molecule has 0 bridgehead atoms. The molecule has 1 heterocycles. The maximum absolute atomic E-state index is 4.20. The number of hydrogen-bond donors (Lipinski definition) is 0. The third-order valence-corrected chi connectivity index (χ3v) is 2.72. The van der Waals surface area contributed by atoms with Crippen LogP contribution in [-0.4, -0.2) is 15.0 Å². The number of rotatable bonds is 6. The van der Waals surface area contributed by atoms with Crippen LogP contribution in [0.1, 0.15) is 63.8 Å². The lowest BCUT2D eigenvalue weighted by molar-refractivity contribution is 0.503. The molecule has 3 heteroatoms. The molecule has 0 saturated carbocycles. The van der Waals surface area contributed by atoms with E-state index in [0.29, 0.717) is 5.92 Å². The Kier molecular flexibility index (Phi) is 4.79. The van der Waals surface area contributed by atoms with Gasteiger partial charge in [0.2, 0.25) is 0 Å². The standard InChI is InChI=1S/C12H23N3/c1-5-6-7-8-9-15-12(10(2)3)11(4)13-14-15/h10H,5-9H2,1-4H3. The van der Waals surface area contributed by atoms with Crippen LogP contribution in [0.2, 0.25) is 0 Å². The van der Waals surface area contributed by atoms with Crippen molar-refractivity contribution in [2.75, 3.05) is 0 Å². The van der Waals surface area contributed by atoms with E-state index >= 15 is 0 Å². The molecule has 1 rings (SSSR count). The first-order valence-corrected chi connectivity index (χ1v) is 6.06. The molecule has 1 aromatic rings. The van der Waals surface area contributed by atoms with Gasteiger partial charge in [0.1, 0.15) is 0 Å². The zero-order valence-corrected chi connectivity index (χ0v) is 10.5. The van der Waals surface area contributed by atoms with E-state index in [1.54, 1.807) is 0 Å². The lowest BCUT2D eigenvalue weighted by Gasteiger charge is -2.09. The van der Waals surface area contributed by atoms with Crippen LogP contribution in [0, 0.1) is 6.92 Å². The Morgan fingerprint density at radius 1 is 1.20 bits per heavy atom. The summed E-state index contributed by atoms with van der Waals surface area (Å²) in [5.74, 6) is 0.520. The highest BCUT2D eigenvalue weighted by Gasteiger charge is 2.11. The Morgan fingerprint density at radius 2 is 1.93 bits per heavy atom. The highest BCUT2D eigenvalue weighted by Crippen LogP contribution is 2.17. The van der Waals surface area contributed by atoms with Gasteiger partial charge in [-0.25, -0.2) is 4.68 Å². The number of unbranched alkanes of at least 4 members (excludes halogenated alkanes) is 3. The average Bonchev–Trinajstić information content (AvgIpc) is 2.54. The number of aryl methyl sites for hydroxylation is 2. The van der Waals surface area contributed by atoms with Crippen molar-refractivity contribution >= 4 is 0 Å². The Hall–Kier alpha value is -0.860. The fraction of sp³-hybridized carbons (Fsp3) is 0.833. The summed E-state index contributed by atoms with van der Waals surface area (Å²) in [4.78, 5) is 0. The van der Waals surface area contributed by atoms with Gasteiger partial charge in [-0.3, -0.25) is 0 Å². The summed E-state index contributed by atoms with van der Waals surface area (Å²) in [7, 11) is 0. The van der Waals surface area contributed by atoms with Crippen LogP contribution in [0.4, 0.5) is 0 Å². The van der Waals surface area contributed by atoms with E-state index in [9.17, 15) is 0 Å². The lowest BCUT2D eigenvalue weighted by atomic mass is 10.1.